The molecule has 0 aliphatic rings. The van der Waals surface area contributed by atoms with E-state index in [1.807, 2.05) is 0 Å². The molecule has 0 radical (unpaired) electrons. The molecule has 0 aliphatic carbocycles. The van der Waals surface area contributed by atoms with Crippen LogP contribution in [0.15, 0.2) is 12.1 Å². The number of H-pyrrole nitrogens is 1. The van der Waals surface area contributed by atoms with Crippen LogP contribution in [0, 0.1) is 0 Å². The molecule has 0 saturated carbocycles. The minimum Gasteiger partial charge on any atom is -0.481 e. The number of nitrogens with zero attached hydrogens (tertiary/aromatic N) is 1. The number of carbonyl (C=O) groups excluding carboxylic acids is 2. The van der Waals surface area contributed by atoms with Crippen LogP contribution in [-0.2, 0) is 11.2 Å². The van der Waals surface area contributed by atoms with E-state index < -0.39 is 12.3 Å². The summed E-state index contributed by atoms with van der Waals surface area (Å²) >= 11 is 0. The van der Waals surface area contributed by atoms with E-state index in [1.54, 1.807) is 19.1 Å². The first-order valence-corrected chi connectivity index (χ1v) is 7.37. The van der Waals surface area contributed by atoms with Crippen molar-refractivity contribution in [3.05, 3.63) is 23.4 Å². The molecular weight excluding hydrogens is 322 g/mol. The summed E-state index contributed by atoms with van der Waals surface area (Å²) in [6, 6.07) is 3.35. The number of aromatic nitrogens is 2. The van der Waals surface area contributed by atoms with Crippen molar-refractivity contribution in [1.29, 1.82) is 0 Å². The van der Waals surface area contributed by atoms with Gasteiger partial charge in [-0.25, -0.2) is 4.98 Å². The molecule has 130 valence electrons. The lowest BCUT2D eigenvalue weighted by Gasteiger charge is -2.07. The van der Waals surface area contributed by atoms with Crippen LogP contribution < -0.4 is 15.4 Å². The molecule has 2 heterocycles. The van der Waals surface area contributed by atoms with Gasteiger partial charge in [-0.3, -0.25) is 9.59 Å². The third-order valence-corrected chi connectivity index (χ3v) is 3.36. The topological polar surface area (TPSA) is 96.1 Å². The second-order valence-electron chi connectivity index (χ2n) is 4.93. The van der Waals surface area contributed by atoms with Crippen LogP contribution in [0.5, 0.6) is 5.88 Å². The maximum atomic E-state index is 12.2. The average molecular weight is 340 g/mol. The van der Waals surface area contributed by atoms with Crippen LogP contribution in [0.2, 0.25) is 0 Å². The third-order valence-electron chi connectivity index (χ3n) is 3.36. The van der Waals surface area contributed by atoms with Crippen LogP contribution >= 0.6 is 0 Å². The van der Waals surface area contributed by atoms with Crippen molar-refractivity contribution in [2.24, 2.45) is 0 Å². The Kier molecular flexibility index (Phi) is 5.67. The number of halogens is 2. The van der Waals surface area contributed by atoms with Gasteiger partial charge >= 0.3 is 6.43 Å². The van der Waals surface area contributed by atoms with Gasteiger partial charge in [0, 0.05) is 24.7 Å². The maximum Gasteiger partial charge on any atom is 0.315 e. The molecule has 0 saturated heterocycles. The summed E-state index contributed by atoms with van der Waals surface area (Å²) in [5.41, 5.74) is 1.94. The summed E-state index contributed by atoms with van der Waals surface area (Å²) in [6.07, 6.45) is -2.90. The summed E-state index contributed by atoms with van der Waals surface area (Å²) in [7, 11) is 1.47. The maximum absolute atomic E-state index is 12.2. The predicted molar refractivity (Wildman–Crippen MR) is 83.4 cm³/mol. The van der Waals surface area contributed by atoms with Gasteiger partial charge in [-0.15, -0.1) is 0 Å². The highest BCUT2D eigenvalue weighted by Gasteiger charge is 2.20. The molecule has 3 N–H and O–H groups in total. The van der Waals surface area contributed by atoms with E-state index in [-0.39, 0.29) is 18.9 Å². The molecule has 0 aromatic carbocycles. The van der Waals surface area contributed by atoms with E-state index >= 15 is 0 Å². The Labute approximate surface area is 136 Å². The average Bonchev–Trinajstić information content (AvgIpc) is 2.92. The summed E-state index contributed by atoms with van der Waals surface area (Å²) in [5.74, 6) is -1.31. The van der Waals surface area contributed by atoms with Gasteiger partial charge in [-0.1, -0.05) is 0 Å². The van der Waals surface area contributed by atoms with Gasteiger partial charge in [-0.05, 0) is 19.4 Å². The van der Waals surface area contributed by atoms with Crippen LogP contribution in [-0.4, -0.2) is 48.4 Å². The summed E-state index contributed by atoms with van der Waals surface area (Å²) in [4.78, 5) is 30.4. The molecule has 0 bridgehead atoms. The zero-order valence-electron chi connectivity index (χ0n) is 13.3. The fraction of sp³-hybridized carbons (Fsp3) is 0.400. The van der Waals surface area contributed by atoms with Gasteiger partial charge in [0.1, 0.15) is 5.69 Å². The van der Waals surface area contributed by atoms with Gasteiger partial charge < -0.3 is 20.4 Å². The molecule has 2 aromatic heterocycles. The highest BCUT2D eigenvalue weighted by molar-refractivity contribution is 6.00. The second kappa shape index (κ2) is 7.71. The lowest BCUT2D eigenvalue weighted by Crippen LogP contribution is -2.31. The van der Waals surface area contributed by atoms with E-state index in [0.29, 0.717) is 34.7 Å². The summed E-state index contributed by atoms with van der Waals surface area (Å²) in [6.45, 7) is 2.18. The molecule has 2 rings (SSSR count). The van der Waals surface area contributed by atoms with Gasteiger partial charge in [0.2, 0.25) is 5.88 Å². The number of fused-ring (bicyclic) bond motifs is 1. The predicted octanol–water partition coefficient (Wildman–Crippen LogP) is 1.24. The molecule has 0 unspecified atom stereocenters. The number of alkyl halides is 2. The van der Waals surface area contributed by atoms with Crippen LogP contribution in [0.4, 0.5) is 8.78 Å². The molecule has 24 heavy (non-hydrogen) atoms. The number of hydrogen-bond acceptors (Lipinski definition) is 4. The number of nitrogens with one attached hydrogen (secondary N) is 3. The van der Waals surface area contributed by atoms with Crippen molar-refractivity contribution in [3.63, 3.8) is 0 Å². The first-order valence-electron chi connectivity index (χ1n) is 7.37. The monoisotopic (exact) mass is 340 g/mol. The lowest BCUT2D eigenvalue weighted by molar-refractivity contribution is -0.131. The van der Waals surface area contributed by atoms with Crippen LogP contribution in [0.3, 0.4) is 0 Å². The Hall–Kier alpha value is -2.71. The molecule has 7 nitrogen and oxygen atoms in total. The van der Waals surface area contributed by atoms with Crippen molar-refractivity contribution < 1.29 is 23.1 Å². The van der Waals surface area contributed by atoms with Crippen LogP contribution in [0.1, 0.15) is 23.0 Å². The molecule has 0 aliphatic heterocycles. The van der Waals surface area contributed by atoms with E-state index in [0.717, 1.165) is 0 Å². The second-order valence-corrected chi connectivity index (χ2v) is 4.93. The van der Waals surface area contributed by atoms with Crippen molar-refractivity contribution in [2.75, 3.05) is 20.2 Å². The van der Waals surface area contributed by atoms with E-state index in [4.69, 9.17) is 4.74 Å². The first kappa shape index (κ1) is 17.6. The van der Waals surface area contributed by atoms with Gasteiger partial charge in [0.15, 0.2) is 0 Å². The third kappa shape index (κ3) is 3.79. The number of carbonyl (C=O) groups is 2. The van der Waals surface area contributed by atoms with E-state index in [2.05, 4.69) is 20.6 Å². The molecule has 0 fully saturated rings. The zero-order valence-corrected chi connectivity index (χ0v) is 13.3. The van der Waals surface area contributed by atoms with E-state index in [1.165, 1.54) is 7.11 Å². The highest BCUT2D eigenvalue weighted by atomic mass is 19.3. The number of hydrogen-bond donors (Lipinski definition) is 3. The number of pyridine rings is 1. The first-order chi connectivity index (χ1) is 11.5. The fourth-order valence-electron chi connectivity index (χ4n) is 2.29. The smallest absolute Gasteiger partial charge is 0.315 e. The molecular formula is C15H18F2N4O3. The molecule has 0 atom stereocenters. The number of methoxy groups -OCH3 is 1. The normalized spacial score (nSPS) is 10.9. The number of aromatic amines is 1. The number of amides is 2. The van der Waals surface area contributed by atoms with Crippen LogP contribution in [0.25, 0.3) is 11.0 Å². The molecule has 2 amide bonds. The Morgan fingerprint density at radius 2 is 2.08 bits per heavy atom. The standard InChI is InChI=1S/C15H18F2N4O3/c1-3-18-14(22)12-8(6-7-19-15(23)13(16)17)11-9(20-12)4-5-10(21-11)24-2/h4-5,13,20H,3,6-7H2,1-2H3,(H,18,22)(H,19,23). The minimum atomic E-state index is -3.07. The highest BCUT2D eigenvalue weighted by Crippen LogP contribution is 2.24. The molecule has 2 aromatic rings. The number of ether oxygens (including phenoxy) is 1. The van der Waals surface area contributed by atoms with Crippen molar-refractivity contribution in [1.82, 2.24) is 20.6 Å². The summed E-state index contributed by atoms with van der Waals surface area (Å²) in [5, 5.41) is 4.79. The van der Waals surface area contributed by atoms with E-state index in [9.17, 15) is 18.4 Å². The van der Waals surface area contributed by atoms with Crippen molar-refractivity contribution >= 4 is 22.8 Å². The zero-order chi connectivity index (χ0) is 17.7. The Morgan fingerprint density at radius 1 is 1.33 bits per heavy atom. The van der Waals surface area contributed by atoms with Crippen molar-refractivity contribution in [2.45, 2.75) is 19.8 Å². The fourth-order valence-corrected chi connectivity index (χ4v) is 2.29. The Morgan fingerprint density at radius 3 is 2.71 bits per heavy atom. The van der Waals surface area contributed by atoms with Gasteiger partial charge in [-0.2, -0.15) is 8.78 Å². The SMILES string of the molecule is CCNC(=O)c1[nH]c2ccc(OC)nc2c1CCNC(=O)C(F)F. The minimum absolute atomic E-state index is 0.0403. The Balaban J connectivity index is 2.33. The summed E-state index contributed by atoms with van der Waals surface area (Å²) < 4.78 is 29.6. The van der Waals surface area contributed by atoms with Gasteiger partial charge in [0.25, 0.3) is 11.8 Å². The molecule has 9 heteroatoms. The number of rotatable bonds is 7. The van der Waals surface area contributed by atoms with Crippen molar-refractivity contribution in [3.8, 4) is 5.88 Å². The molecule has 0 spiro atoms. The largest absolute Gasteiger partial charge is 0.481 e. The lowest BCUT2D eigenvalue weighted by atomic mass is 10.1. The quantitative estimate of drug-likeness (QED) is 0.707. The Bertz CT molecular complexity index is 746. The van der Waals surface area contributed by atoms with Gasteiger partial charge in [0.05, 0.1) is 18.1 Å².